The number of carboxylic acid groups (broad SMARTS) is 1. The van der Waals surface area contributed by atoms with Crippen LogP contribution in [0.1, 0.15) is 56.3 Å². The number of alkyl halides is 3. The molecule has 0 bridgehead atoms. The molecule has 1 saturated carbocycles. The standard InChI is InChI=1S/C27H33F3N4O2S/c1-18(2)16-34(20-9-5-4-6-10-20)24-14-13-19(21-11-7-8-12-22(21)25(35)36)15-23(24)32-17-37-33-26(31-3)27(28,29)30/h7-8,11-15,18,20,32H,3-6,9-10,16-17H2,1-2H3,(H,35,36)/b33-26-. The number of hydrogen-bond acceptors (Lipinski definition) is 5. The molecule has 6 nitrogen and oxygen atoms in total. The molecule has 0 unspecified atom stereocenters. The average molecular weight is 535 g/mol. The fourth-order valence-corrected chi connectivity index (χ4v) is 5.19. The first kappa shape index (κ1) is 28.6. The molecule has 0 aromatic heterocycles. The van der Waals surface area contributed by atoms with Gasteiger partial charge in [-0.3, -0.25) is 0 Å². The predicted octanol–water partition coefficient (Wildman–Crippen LogP) is 7.53. The van der Waals surface area contributed by atoms with Crippen molar-refractivity contribution in [2.24, 2.45) is 15.3 Å². The van der Waals surface area contributed by atoms with Crippen molar-refractivity contribution >= 4 is 41.8 Å². The minimum absolute atomic E-state index is 0.0618. The smallest absolute Gasteiger partial charge is 0.452 e. The van der Waals surface area contributed by atoms with Crippen LogP contribution in [0, 0.1) is 5.92 Å². The molecule has 37 heavy (non-hydrogen) atoms. The highest BCUT2D eigenvalue weighted by Gasteiger charge is 2.35. The van der Waals surface area contributed by atoms with Crippen LogP contribution < -0.4 is 10.2 Å². The van der Waals surface area contributed by atoms with Crippen molar-refractivity contribution in [2.75, 3.05) is 22.6 Å². The molecule has 0 aliphatic heterocycles. The van der Waals surface area contributed by atoms with E-state index in [9.17, 15) is 23.1 Å². The number of nitrogens with one attached hydrogen (secondary N) is 1. The predicted molar refractivity (Wildman–Crippen MR) is 147 cm³/mol. The summed E-state index contributed by atoms with van der Waals surface area (Å²) in [6, 6.07) is 12.9. The summed E-state index contributed by atoms with van der Waals surface area (Å²) >= 11 is 0.698. The van der Waals surface area contributed by atoms with Crippen molar-refractivity contribution in [3.05, 3.63) is 48.0 Å². The van der Waals surface area contributed by atoms with Crippen molar-refractivity contribution in [1.29, 1.82) is 0 Å². The van der Waals surface area contributed by atoms with E-state index in [1.165, 1.54) is 6.42 Å². The number of benzene rings is 2. The van der Waals surface area contributed by atoms with Crippen LogP contribution in [0.2, 0.25) is 0 Å². The van der Waals surface area contributed by atoms with Crippen LogP contribution in [-0.2, 0) is 0 Å². The molecule has 3 rings (SSSR count). The summed E-state index contributed by atoms with van der Waals surface area (Å²) in [6.07, 6.45) is 1.02. The third kappa shape index (κ3) is 7.74. The second-order valence-corrected chi connectivity index (χ2v) is 10.2. The molecule has 0 saturated heterocycles. The summed E-state index contributed by atoms with van der Waals surface area (Å²) in [6.45, 7) is 8.10. The molecule has 0 spiro atoms. The molecule has 200 valence electrons. The number of carbonyl (C=O) groups is 1. The van der Waals surface area contributed by atoms with Crippen LogP contribution in [-0.4, -0.2) is 48.3 Å². The third-order valence-electron chi connectivity index (χ3n) is 6.23. The van der Waals surface area contributed by atoms with Gasteiger partial charge in [-0.15, -0.1) is 0 Å². The van der Waals surface area contributed by atoms with E-state index < -0.39 is 18.0 Å². The Kier molecular flexibility index (Phi) is 10.0. The van der Waals surface area contributed by atoms with Crippen molar-refractivity contribution in [3.8, 4) is 11.1 Å². The van der Waals surface area contributed by atoms with Crippen molar-refractivity contribution in [2.45, 2.75) is 58.2 Å². The first-order valence-corrected chi connectivity index (χ1v) is 13.3. The molecular weight excluding hydrogens is 501 g/mol. The zero-order valence-electron chi connectivity index (χ0n) is 21.1. The lowest BCUT2D eigenvalue weighted by atomic mass is 9.92. The fourth-order valence-electron chi connectivity index (χ4n) is 4.62. The largest absolute Gasteiger partial charge is 0.478 e. The highest BCUT2D eigenvalue weighted by molar-refractivity contribution is 7.98. The Balaban J connectivity index is 2.00. The number of rotatable bonds is 10. The summed E-state index contributed by atoms with van der Waals surface area (Å²) in [5.74, 6) is -1.85. The van der Waals surface area contributed by atoms with Gasteiger partial charge in [0, 0.05) is 12.6 Å². The Bertz CT molecular complexity index is 1120. The van der Waals surface area contributed by atoms with E-state index in [0.717, 1.165) is 37.9 Å². The van der Waals surface area contributed by atoms with Crippen molar-refractivity contribution < 1.29 is 23.1 Å². The van der Waals surface area contributed by atoms with Crippen LogP contribution in [0.25, 0.3) is 11.1 Å². The van der Waals surface area contributed by atoms with E-state index in [2.05, 4.69) is 40.2 Å². The van der Waals surface area contributed by atoms with E-state index in [0.29, 0.717) is 40.7 Å². The highest BCUT2D eigenvalue weighted by atomic mass is 32.2. The van der Waals surface area contributed by atoms with E-state index >= 15 is 0 Å². The zero-order valence-corrected chi connectivity index (χ0v) is 21.9. The number of nitrogens with zero attached hydrogens (tertiary/aromatic N) is 3. The zero-order chi connectivity index (χ0) is 27.0. The lowest BCUT2D eigenvalue weighted by molar-refractivity contribution is -0.0593. The molecule has 1 aliphatic rings. The van der Waals surface area contributed by atoms with Gasteiger partial charge in [0.2, 0.25) is 5.84 Å². The average Bonchev–Trinajstić information content (AvgIpc) is 2.87. The van der Waals surface area contributed by atoms with Gasteiger partial charge >= 0.3 is 12.1 Å². The van der Waals surface area contributed by atoms with Gasteiger partial charge in [0.15, 0.2) is 0 Å². The topological polar surface area (TPSA) is 77.3 Å². The maximum absolute atomic E-state index is 13.0. The van der Waals surface area contributed by atoms with E-state index in [-0.39, 0.29) is 11.4 Å². The number of carboxylic acids is 1. The summed E-state index contributed by atoms with van der Waals surface area (Å²) < 4.78 is 42.4. The van der Waals surface area contributed by atoms with E-state index in [1.807, 2.05) is 18.2 Å². The van der Waals surface area contributed by atoms with Crippen LogP contribution in [0.15, 0.2) is 51.9 Å². The van der Waals surface area contributed by atoms with Gasteiger partial charge in [-0.25, -0.2) is 9.79 Å². The number of hydrogen-bond donors (Lipinski definition) is 2. The van der Waals surface area contributed by atoms with Gasteiger partial charge < -0.3 is 15.3 Å². The van der Waals surface area contributed by atoms with Gasteiger partial charge in [-0.1, -0.05) is 57.4 Å². The Morgan fingerprint density at radius 3 is 2.51 bits per heavy atom. The Labute approximate surface area is 220 Å². The second-order valence-electron chi connectivity index (χ2n) is 9.44. The maximum atomic E-state index is 13.0. The minimum Gasteiger partial charge on any atom is -0.478 e. The molecule has 0 atom stereocenters. The monoisotopic (exact) mass is 534 g/mol. The van der Waals surface area contributed by atoms with Gasteiger partial charge in [0.1, 0.15) is 0 Å². The normalized spacial score (nSPS) is 15.0. The van der Waals surface area contributed by atoms with E-state index in [1.54, 1.807) is 24.3 Å². The summed E-state index contributed by atoms with van der Waals surface area (Å²) in [7, 11) is 0. The molecule has 10 heteroatoms. The first-order valence-electron chi connectivity index (χ1n) is 12.3. The van der Waals surface area contributed by atoms with Crippen LogP contribution >= 0.6 is 11.9 Å². The van der Waals surface area contributed by atoms with E-state index in [4.69, 9.17) is 0 Å². The summed E-state index contributed by atoms with van der Waals surface area (Å²) in [5.41, 5.74) is 3.11. The highest BCUT2D eigenvalue weighted by Crippen LogP contribution is 2.37. The quantitative estimate of drug-likeness (QED) is 0.108. The third-order valence-corrected chi connectivity index (χ3v) is 6.81. The number of aliphatic imine (C=N–C) groups is 1. The van der Waals surface area contributed by atoms with Gasteiger partial charge in [-0.05, 0) is 66.8 Å². The summed E-state index contributed by atoms with van der Waals surface area (Å²) in [5, 5.41) is 12.9. The van der Waals surface area contributed by atoms with Crippen LogP contribution in [0.5, 0.6) is 0 Å². The van der Waals surface area contributed by atoms with Crippen molar-refractivity contribution in [1.82, 2.24) is 0 Å². The molecule has 0 amide bonds. The molecule has 2 N–H and O–H groups in total. The Morgan fingerprint density at radius 2 is 1.89 bits per heavy atom. The first-order chi connectivity index (χ1) is 17.6. The van der Waals surface area contributed by atoms with Gasteiger partial charge in [-0.2, -0.15) is 17.6 Å². The number of amidine groups is 1. The molecular formula is C27H33F3N4O2S. The lowest BCUT2D eigenvalue weighted by Crippen LogP contribution is -2.39. The van der Waals surface area contributed by atoms with Crippen molar-refractivity contribution in [3.63, 3.8) is 0 Å². The minimum atomic E-state index is -4.67. The Hall–Kier alpha value is -3.01. The van der Waals surface area contributed by atoms with Crippen LogP contribution in [0.3, 0.4) is 0 Å². The Morgan fingerprint density at radius 1 is 1.19 bits per heavy atom. The number of anilines is 2. The fraction of sp³-hybridized carbons (Fsp3) is 0.444. The van der Waals surface area contributed by atoms with Crippen LogP contribution in [0.4, 0.5) is 24.5 Å². The molecule has 2 aromatic carbocycles. The molecule has 1 fully saturated rings. The summed E-state index contributed by atoms with van der Waals surface area (Å²) in [4.78, 5) is 17.2. The second kappa shape index (κ2) is 13.0. The maximum Gasteiger partial charge on any atom is 0.452 e. The lowest BCUT2D eigenvalue weighted by Gasteiger charge is -2.38. The van der Waals surface area contributed by atoms with Gasteiger partial charge in [0.25, 0.3) is 0 Å². The SMILES string of the molecule is C=N/C(=N\SCNc1cc(-c2ccccc2C(=O)O)ccc1N(CC(C)C)C1CCCCC1)C(F)(F)F. The van der Waals surface area contributed by atoms with Gasteiger partial charge in [0.05, 0.1) is 22.8 Å². The molecule has 2 aromatic rings. The molecule has 0 radical (unpaired) electrons. The molecule has 1 aliphatic carbocycles. The molecule has 0 heterocycles. The number of halogens is 3. The number of aromatic carboxylic acids is 1.